The number of hydrogen-bond acceptors (Lipinski definition) is 4. The van der Waals surface area contributed by atoms with E-state index in [2.05, 4.69) is 33.9 Å². The van der Waals surface area contributed by atoms with E-state index in [0.717, 1.165) is 30.9 Å². The van der Waals surface area contributed by atoms with Crippen molar-refractivity contribution in [2.24, 2.45) is 0 Å². The second-order valence-electron chi connectivity index (χ2n) is 4.14. The van der Waals surface area contributed by atoms with Crippen LogP contribution in [0.4, 0.5) is 17.3 Å². The van der Waals surface area contributed by atoms with Gasteiger partial charge in [0.25, 0.3) is 0 Å². The lowest BCUT2D eigenvalue weighted by Gasteiger charge is -2.23. The molecule has 18 heavy (non-hydrogen) atoms. The molecular weight excluding hydrogens is 224 g/mol. The molecule has 0 aliphatic rings. The van der Waals surface area contributed by atoms with Crippen molar-refractivity contribution in [3.8, 4) is 0 Å². The maximum Gasteiger partial charge on any atom is 0.153 e. The summed E-state index contributed by atoms with van der Waals surface area (Å²) >= 11 is 0. The third kappa shape index (κ3) is 2.97. The lowest BCUT2D eigenvalue weighted by molar-refractivity contribution is 0.778. The third-order valence-corrected chi connectivity index (χ3v) is 2.72. The second-order valence-corrected chi connectivity index (χ2v) is 4.14. The van der Waals surface area contributed by atoms with Gasteiger partial charge in [-0.25, -0.2) is 4.98 Å². The predicted octanol–water partition coefficient (Wildman–Crippen LogP) is 3.00. The molecule has 0 aliphatic carbocycles. The largest absolute Gasteiger partial charge is 0.382 e. The lowest BCUT2D eigenvalue weighted by Crippen LogP contribution is -2.20. The van der Waals surface area contributed by atoms with E-state index in [1.54, 1.807) is 12.4 Å². The quantitative estimate of drug-likeness (QED) is 0.875. The average molecular weight is 242 g/mol. The van der Waals surface area contributed by atoms with Gasteiger partial charge in [0.05, 0.1) is 12.4 Å². The number of nitrogens with two attached hydrogens (primary N) is 1. The number of hydrogen-bond donors (Lipinski definition) is 1. The van der Waals surface area contributed by atoms with E-state index >= 15 is 0 Å². The molecule has 0 saturated heterocycles. The van der Waals surface area contributed by atoms with Crippen molar-refractivity contribution in [3.63, 3.8) is 0 Å². The van der Waals surface area contributed by atoms with Crippen LogP contribution >= 0.6 is 0 Å². The summed E-state index contributed by atoms with van der Waals surface area (Å²) in [5.74, 6) is 1.25. The first-order valence-electron chi connectivity index (χ1n) is 6.21. The van der Waals surface area contributed by atoms with Crippen LogP contribution in [0.25, 0.3) is 0 Å². The highest BCUT2D eigenvalue weighted by molar-refractivity contribution is 5.59. The Morgan fingerprint density at radius 1 is 1.17 bits per heavy atom. The highest BCUT2D eigenvalue weighted by Crippen LogP contribution is 2.23. The number of unbranched alkanes of at least 4 members (excludes halogenated alkanes) is 1. The number of nitrogens with zero attached hydrogens (tertiary/aromatic N) is 3. The van der Waals surface area contributed by atoms with Crippen LogP contribution in [0.2, 0.25) is 0 Å². The Hall–Kier alpha value is -2.10. The molecule has 0 unspecified atom stereocenters. The van der Waals surface area contributed by atoms with Crippen LogP contribution in [0.15, 0.2) is 42.7 Å². The van der Waals surface area contributed by atoms with E-state index in [9.17, 15) is 0 Å². The summed E-state index contributed by atoms with van der Waals surface area (Å²) in [7, 11) is 0. The fraction of sp³-hybridized carbons (Fsp3) is 0.286. The number of rotatable bonds is 5. The average Bonchev–Trinajstić information content (AvgIpc) is 2.40. The van der Waals surface area contributed by atoms with Crippen molar-refractivity contribution < 1.29 is 0 Å². The molecule has 0 atom stereocenters. The molecule has 1 aromatic carbocycles. The van der Waals surface area contributed by atoms with Gasteiger partial charge in [-0.15, -0.1) is 0 Å². The highest BCUT2D eigenvalue weighted by Gasteiger charge is 2.10. The first-order chi connectivity index (χ1) is 8.81. The summed E-state index contributed by atoms with van der Waals surface area (Å²) in [4.78, 5) is 10.6. The van der Waals surface area contributed by atoms with Crippen LogP contribution in [0.1, 0.15) is 19.8 Å². The molecule has 0 bridgehead atoms. The van der Waals surface area contributed by atoms with E-state index in [0.29, 0.717) is 5.82 Å². The molecule has 2 N–H and O–H groups in total. The first kappa shape index (κ1) is 12.4. The number of benzene rings is 1. The first-order valence-corrected chi connectivity index (χ1v) is 6.21. The minimum atomic E-state index is 0.449. The smallest absolute Gasteiger partial charge is 0.153 e. The number of aromatic nitrogens is 2. The van der Waals surface area contributed by atoms with E-state index in [1.807, 2.05) is 18.2 Å². The Morgan fingerprint density at radius 2 is 1.94 bits per heavy atom. The Bertz CT molecular complexity index is 484. The van der Waals surface area contributed by atoms with Crippen LogP contribution < -0.4 is 10.6 Å². The van der Waals surface area contributed by atoms with E-state index in [4.69, 9.17) is 5.73 Å². The van der Waals surface area contributed by atoms with Gasteiger partial charge in [0.2, 0.25) is 0 Å². The van der Waals surface area contributed by atoms with Gasteiger partial charge in [0.15, 0.2) is 5.82 Å². The summed E-state index contributed by atoms with van der Waals surface area (Å²) in [6.07, 6.45) is 5.55. The van der Waals surface area contributed by atoms with Gasteiger partial charge in [-0.3, -0.25) is 4.98 Å². The topological polar surface area (TPSA) is 55.0 Å². The number of para-hydroxylation sites is 1. The molecule has 4 nitrogen and oxygen atoms in total. The normalized spacial score (nSPS) is 10.3. The molecule has 0 fully saturated rings. The van der Waals surface area contributed by atoms with E-state index in [1.165, 1.54) is 0 Å². The van der Waals surface area contributed by atoms with E-state index in [-0.39, 0.29) is 0 Å². The van der Waals surface area contributed by atoms with Gasteiger partial charge in [-0.2, -0.15) is 0 Å². The minimum absolute atomic E-state index is 0.449. The number of anilines is 3. The molecule has 1 heterocycles. The third-order valence-electron chi connectivity index (χ3n) is 2.72. The zero-order valence-corrected chi connectivity index (χ0v) is 10.6. The SMILES string of the molecule is CCCCN(c1ccccc1)c1cncc(N)n1. The zero-order valence-electron chi connectivity index (χ0n) is 10.6. The Balaban J connectivity index is 2.31. The van der Waals surface area contributed by atoms with Crippen LogP contribution in [-0.2, 0) is 0 Å². The lowest BCUT2D eigenvalue weighted by atomic mass is 10.2. The van der Waals surface area contributed by atoms with Crippen molar-refractivity contribution in [1.82, 2.24) is 9.97 Å². The highest BCUT2D eigenvalue weighted by atomic mass is 15.2. The van der Waals surface area contributed by atoms with Crippen molar-refractivity contribution in [1.29, 1.82) is 0 Å². The van der Waals surface area contributed by atoms with Gasteiger partial charge < -0.3 is 10.6 Å². The molecule has 2 aromatic rings. The minimum Gasteiger partial charge on any atom is -0.382 e. The van der Waals surface area contributed by atoms with Crippen LogP contribution in [0.3, 0.4) is 0 Å². The van der Waals surface area contributed by atoms with Gasteiger partial charge >= 0.3 is 0 Å². The van der Waals surface area contributed by atoms with Gasteiger partial charge in [0, 0.05) is 12.2 Å². The zero-order chi connectivity index (χ0) is 12.8. The second kappa shape index (κ2) is 6.00. The summed E-state index contributed by atoms with van der Waals surface area (Å²) in [6, 6.07) is 10.2. The van der Waals surface area contributed by atoms with Crippen molar-refractivity contribution in [2.45, 2.75) is 19.8 Å². The summed E-state index contributed by atoms with van der Waals surface area (Å²) < 4.78 is 0. The van der Waals surface area contributed by atoms with Gasteiger partial charge in [0.1, 0.15) is 5.82 Å². The van der Waals surface area contributed by atoms with Gasteiger partial charge in [-0.05, 0) is 18.6 Å². The molecule has 1 aromatic heterocycles. The summed E-state index contributed by atoms with van der Waals surface area (Å²) in [5.41, 5.74) is 6.82. The molecule has 0 spiro atoms. The fourth-order valence-electron chi connectivity index (χ4n) is 1.80. The standard InChI is InChI=1S/C14H18N4/c1-2-3-9-18(12-7-5-4-6-8-12)14-11-16-10-13(15)17-14/h4-8,10-11H,2-3,9H2,1H3,(H2,15,17). The molecule has 0 saturated carbocycles. The molecule has 94 valence electrons. The maximum atomic E-state index is 5.70. The van der Waals surface area contributed by atoms with Crippen LogP contribution in [0.5, 0.6) is 0 Å². The molecule has 0 amide bonds. The van der Waals surface area contributed by atoms with Gasteiger partial charge in [-0.1, -0.05) is 31.5 Å². The van der Waals surface area contributed by atoms with Crippen LogP contribution in [-0.4, -0.2) is 16.5 Å². The maximum absolute atomic E-state index is 5.70. The predicted molar refractivity (Wildman–Crippen MR) is 74.8 cm³/mol. The molecule has 4 heteroatoms. The molecule has 2 rings (SSSR count). The summed E-state index contributed by atoms with van der Waals surface area (Å²) in [5, 5.41) is 0. The van der Waals surface area contributed by atoms with Crippen LogP contribution in [0, 0.1) is 0 Å². The van der Waals surface area contributed by atoms with Crippen molar-refractivity contribution in [2.75, 3.05) is 17.2 Å². The monoisotopic (exact) mass is 242 g/mol. The molecule has 0 radical (unpaired) electrons. The van der Waals surface area contributed by atoms with E-state index < -0.39 is 0 Å². The van der Waals surface area contributed by atoms with Crippen molar-refractivity contribution in [3.05, 3.63) is 42.7 Å². The fourth-order valence-corrected chi connectivity index (χ4v) is 1.80. The summed E-state index contributed by atoms with van der Waals surface area (Å²) in [6.45, 7) is 3.09. The molecule has 0 aliphatic heterocycles. The Labute approximate surface area is 107 Å². The Morgan fingerprint density at radius 3 is 2.61 bits per heavy atom. The number of nitrogen functional groups attached to an aromatic ring is 1. The van der Waals surface area contributed by atoms with Crippen molar-refractivity contribution >= 4 is 17.3 Å². The molecular formula is C14H18N4. The Kier molecular flexibility index (Phi) is 4.12.